The summed E-state index contributed by atoms with van der Waals surface area (Å²) in [6.45, 7) is 7.35. The monoisotopic (exact) mass is 249 g/mol. The van der Waals surface area contributed by atoms with Crippen LogP contribution in [0, 0.1) is 0 Å². The van der Waals surface area contributed by atoms with E-state index in [0.717, 1.165) is 23.5 Å². The topological polar surface area (TPSA) is 32.7 Å². The van der Waals surface area contributed by atoms with E-state index < -0.39 is 6.10 Å². The Balaban J connectivity index is 2.50. The average Bonchev–Trinajstić information content (AvgIpc) is 2.67. The highest BCUT2D eigenvalue weighted by atomic mass is 16.5. The first-order valence-corrected chi connectivity index (χ1v) is 6.60. The third kappa shape index (κ3) is 2.19. The van der Waals surface area contributed by atoms with Crippen molar-refractivity contribution in [3.63, 3.8) is 0 Å². The molecule has 0 amide bonds. The summed E-state index contributed by atoms with van der Waals surface area (Å²) in [4.78, 5) is 2.39. The summed E-state index contributed by atoms with van der Waals surface area (Å²) in [6, 6.07) is 5.99. The van der Waals surface area contributed by atoms with E-state index in [1.54, 1.807) is 14.0 Å². The smallest absolute Gasteiger partial charge is 0.126 e. The third-order valence-corrected chi connectivity index (χ3v) is 3.87. The Morgan fingerprint density at radius 2 is 2.11 bits per heavy atom. The molecule has 1 N–H and O–H groups in total. The van der Waals surface area contributed by atoms with Crippen molar-refractivity contribution in [3.05, 3.63) is 23.8 Å². The Morgan fingerprint density at radius 3 is 2.61 bits per heavy atom. The van der Waals surface area contributed by atoms with Crippen LogP contribution >= 0.6 is 0 Å². The van der Waals surface area contributed by atoms with Crippen LogP contribution in [-0.2, 0) is 0 Å². The first-order chi connectivity index (χ1) is 8.47. The largest absolute Gasteiger partial charge is 0.496 e. The molecule has 0 saturated carbocycles. The van der Waals surface area contributed by atoms with Crippen molar-refractivity contribution in [2.24, 2.45) is 0 Å². The quantitative estimate of drug-likeness (QED) is 0.893. The maximum Gasteiger partial charge on any atom is 0.126 e. The zero-order valence-corrected chi connectivity index (χ0v) is 11.7. The molecule has 0 radical (unpaired) electrons. The second-order valence-electron chi connectivity index (χ2n) is 5.64. The molecule has 0 aromatic heterocycles. The Kier molecular flexibility index (Phi) is 3.53. The lowest BCUT2D eigenvalue weighted by Gasteiger charge is -2.36. The maximum atomic E-state index is 10.0. The molecule has 18 heavy (non-hydrogen) atoms. The van der Waals surface area contributed by atoms with Gasteiger partial charge in [0.15, 0.2) is 0 Å². The van der Waals surface area contributed by atoms with Crippen molar-refractivity contribution in [1.29, 1.82) is 0 Å². The number of aliphatic hydroxyl groups excluding tert-OH is 1. The fourth-order valence-electron chi connectivity index (χ4n) is 2.92. The maximum absolute atomic E-state index is 10.0. The van der Waals surface area contributed by atoms with Crippen molar-refractivity contribution in [3.8, 4) is 5.75 Å². The predicted octanol–water partition coefficient (Wildman–Crippen LogP) is 3.13. The minimum Gasteiger partial charge on any atom is -0.496 e. The number of methoxy groups -OCH3 is 1. The van der Waals surface area contributed by atoms with Crippen LogP contribution in [0.25, 0.3) is 0 Å². The second kappa shape index (κ2) is 4.81. The minimum absolute atomic E-state index is 0.149. The van der Waals surface area contributed by atoms with Crippen molar-refractivity contribution in [2.45, 2.75) is 45.3 Å². The van der Waals surface area contributed by atoms with Crippen LogP contribution < -0.4 is 9.64 Å². The van der Waals surface area contributed by atoms with Crippen LogP contribution in [0.3, 0.4) is 0 Å². The number of anilines is 1. The van der Waals surface area contributed by atoms with E-state index in [4.69, 9.17) is 4.74 Å². The van der Waals surface area contributed by atoms with Crippen molar-refractivity contribution in [2.75, 3.05) is 18.6 Å². The SMILES string of the molecule is COc1cccc(N2CCCC2(C)C)c1C(C)O. The molecular weight excluding hydrogens is 226 g/mol. The summed E-state index contributed by atoms with van der Waals surface area (Å²) in [5.74, 6) is 0.769. The van der Waals surface area contributed by atoms with E-state index in [1.165, 1.54) is 12.8 Å². The van der Waals surface area contributed by atoms with Crippen molar-refractivity contribution >= 4 is 5.69 Å². The molecule has 0 bridgehead atoms. The Labute approximate surface area is 109 Å². The fourth-order valence-corrected chi connectivity index (χ4v) is 2.92. The lowest BCUT2D eigenvalue weighted by molar-refractivity contribution is 0.194. The molecule has 2 rings (SSSR count). The van der Waals surface area contributed by atoms with E-state index in [-0.39, 0.29) is 5.54 Å². The number of hydrogen-bond acceptors (Lipinski definition) is 3. The molecule has 1 aliphatic heterocycles. The van der Waals surface area contributed by atoms with Gasteiger partial charge in [-0.05, 0) is 45.7 Å². The highest BCUT2D eigenvalue weighted by Crippen LogP contribution is 2.41. The molecule has 1 aromatic carbocycles. The highest BCUT2D eigenvalue weighted by Gasteiger charge is 2.34. The van der Waals surface area contributed by atoms with Gasteiger partial charge in [0.25, 0.3) is 0 Å². The average molecular weight is 249 g/mol. The summed E-state index contributed by atoms with van der Waals surface area (Å²) >= 11 is 0. The van der Waals surface area contributed by atoms with Gasteiger partial charge >= 0.3 is 0 Å². The van der Waals surface area contributed by atoms with Gasteiger partial charge in [-0.2, -0.15) is 0 Å². The summed E-state index contributed by atoms with van der Waals surface area (Å²) in [5.41, 5.74) is 2.15. The number of hydrogen-bond donors (Lipinski definition) is 1. The van der Waals surface area contributed by atoms with Crippen LogP contribution in [0.4, 0.5) is 5.69 Å². The Bertz CT molecular complexity index is 427. The van der Waals surface area contributed by atoms with Crippen LogP contribution in [-0.4, -0.2) is 24.3 Å². The molecule has 1 aromatic rings. The molecular formula is C15H23NO2. The number of aliphatic hydroxyl groups is 1. The Hall–Kier alpha value is -1.22. The van der Waals surface area contributed by atoms with Gasteiger partial charge < -0.3 is 14.7 Å². The molecule has 1 aliphatic rings. The molecule has 100 valence electrons. The van der Waals surface area contributed by atoms with Gasteiger partial charge in [0, 0.05) is 23.3 Å². The molecule has 3 nitrogen and oxygen atoms in total. The van der Waals surface area contributed by atoms with E-state index in [2.05, 4.69) is 24.8 Å². The number of benzene rings is 1. The van der Waals surface area contributed by atoms with E-state index in [9.17, 15) is 5.11 Å². The number of rotatable bonds is 3. The van der Waals surface area contributed by atoms with Gasteiger partial charge in [0.05, 0.1) is 13.2 Å². The van der Waals surface area contributed by atoms with Crippen molar-refractivity contribution < 1.29 is 9.84 Å². The fraction of sp³-hybridized carbons (Fsp3) is 0.600. The molecule has 3 heteroatoms. The molecule has 1 heterocycles. The van der Waals surface area contributed by atoms with Crippen LogP contribution in [0.5, 0.6) is 5.75 Å². The first kappa shape index (κ1) is 13.2. The number of nitrogens with zero attached hydrogens (tertiary/aromatic N) is 1. The van der Waals surface area contributed by atoms with Gasteiger partial charge in [-0.25, -0.2) is 0 Å². The van der Waals surface area contributed by atoms with Crippen LogP contribution in [0.1, 0.15) is 45.3 Å². The van der Waals surface area contributed by atoms with Gasteiger partial charge in [-0.15, -0.1) is 0 Å². The third-order valence-electron chi connectivity index (χ3n) is 3.87. The molecule has 1 unspecified atom stereocenters. The molecule has 1 saturated heterocycles. The first-order valence-electron chi connectivity index (χ1n) is 6.60. The minimum atomic E-state index is -0.521. The van der Waals surface area contributed by atoms with Gasteiger partial charge in [-0.1, -0.05) is 6.07 Å². The van der Waals surface area contributed by atoms with Crippen LogP contribution in [0.2, 0.25) is 0 Å². The standard InChI is InChI=1S/C15H23NO2/c1-11(17)14-12(7-5-8-13(14)18-4)16-10-6-9-15(16,2)3/h5,7-8,11,17H,6,9-10H2,1-4H3. The number of ether oxygens (including phenoxy) is 1. The summed E-state index contributed by atoms with van der Waals surface area (Å²) in [6.07, 6.45) is 1.86. The lowest BCUT2D eigenvalue weighted by Crippen LogP contribution is -2.38. The van der Waals surface area contributed by atoms with Crippen LogP contribution in [0.15, 0.2) is 18.2 Å². The van der Waals surface area contributed by atoms with Gasteiger partial charge in [-0.3, -0.25) is 0 Å². The van der Waals surface area contributed by atoms with Crippen molar-refractivity contribution in [1.82, 2.24) is 0 Å². The summed E-state index contributed by atoms with van der Waals surface area (Å²) < 4.78 is 5.39. The van der Waals surface area contributed by atoms with Gasteiger partial charge in [0.2, 0.25) is 0 Å². The van der Waals surface area contributed by atoms with E-state index in [1.807, 2.05) is 12.1 Å². The van der Waals surface area contributed by atoms with E-state index >= 15 is 0 Å². The van der Waals surface area contributed by atoms with Gasteiger partial charge in [0.1, 0.15) is 5.75 Å². The highest BCUT2D eigenvalue weighted by molar-refractivity contribution is 5.62. The predicted molar refractivity (Wildman–Crippen MR) is 74.3 cm³/mol. The Morgan fingerprint density at radius 1 is 1.39 bits per heavy atom. The normalized spacial score (nSPS) is 19.9. The second-order valence-corrected chi connectivity index (χ2v) is 5.64. The summed E-state index contributed by atoms with van der Waals surface area (Å²) in [7, 11) is 1.65. The zero-order chi connectivity index (χ0) is 13.3. The lowest BCUT2D eigenvalue weighted by atomic mass is 9.99. The molecule has 1 fully saturated rings. The summed E-state index contributed by atoms with van der Waals surface area (Å²) in [5, 5.41) is 10.0. The molecule has 0 spiro atoms. The zero-order valence-electron chi connectivity index (χ0n) is 11.7. The molecule has 0 aliphatic carbocycles. The van der Waals surface area contributed by atoms with E-state index in [0.29, 0.717) is 0 Å². The molecule has 1 atom stereocenters.